The highest BCUT2D eigenvalue weighted by Gasteiger charge is 2.26. The molecular weight excluding hydrogens is 336 g/mol. The van der Waals surface area contributed by atoms with Gasteiger partial charge in [-0.15, -0.1) is 0 Å². The van der Waals surface area contributed by atoms with Gasteiger partial charge in [0.05, 0.1) is 17.7 Å². The maximum absolute atomic E-state index is 12.5. The molecule has 1 saturated carbocycles. The first-order valence-corrected chi connectivity index (χ1v) is 9.05. The van der Waals surface area contributed by atoms with Gasteiger partial charge < -0.3 is 20.3 Å². The molecule has 1 aromatic heterocycles. The quantitative estimate of drug-likeness (QED) is 0.825. The van der Waals surface area contributed by atoms with Crippen LogP contribution in [0.25, 0.3) is 0 Å². The number of ether oxygens (including phenoxy) is 1. The third-order valence-electron chi connectivity index (χ3n) is 4.53. The summed E-state index contributed by atoms with van der Waals surface area (Å²) in [6.07, 6.45) is 5.95. The average Bonchev–Trinajstić information content (AvgIpc) is 3.46. The summed E-state index contributed by atoms with van der Waals surface area (Å²) in [5.74, 6) is -0.453. The van der Waals surface area contributed by atoms with Crippen LogP contribution in [0.15, 0.2) is 18.5 Å². The topological polar surface area (TPSA) is 101 Å². The summed E-state index contributed by atoms with van der Waals surface area (Å²) in [5, 5.41) is 5.84. The van der Waals surface area contributed by atoms with Crippen LogP contribution in [-0.4, -0.2) is 59.6 Å². The number of piperidine rings is 1. The number of nitrogens with zero attached hydrogens (tertiary/aromatic N) is 2. The molecule has 0 aromatic carbocycles. The fourth-order valence-corrected chi connectivity index (χ4v) is 2.87. The molecule has 0 bridgehead atoms. The van der Waals surface area contributed by atoms with Crippen LogP contribution in [0, 0.1) is 0 Å². The van der Waals surface area contributed by atoms with Crippen molar-refractivity contribution in [2.45, 2.75) is 44.7 Å². The second-order valence-electron chi connectivity index (χ2n) is 6.64. The van der Waals surface area contributed by atoms with Crippen LogP contribution in [0.4, 0.5) is 4.79 Å². The van der Waals surface area contributed by atoms with Crippen molar-refractivity contribution < 1.29 is 19.1 Å². The molecule has 8 nitrogen and oxygen atoms in total. The van der Waals surface area contributed by atoms with Gasteiger partial charge in [0.2, 0.25) is 0 Å². The van der Waals surface area contributed by atoms with Gasteiger partial charge in [-0.05, 0) is 38.7 Å². The van der Waals surface area contributed by atoms with E-state index in [4.69, 9.17) is 4.74 Å². The second kappa shape index (κ2) is 8.16. The number of pyridine rings is 1. The molecule has 3 rings (SSSR count). The highest BCUT2D eigenvalue weighted by molar-refractivity contribution is 5.99. The van der Waals surface area contributed by atoms with Crippen molar-refractivity contribution in [3.05, 3.63) is 29.6 Å². The van der Waals surface area contributed by atoms with Crippen LogP contribution in [0.3, 0.4) is 0 Å². The predicted octanol–water partition coefficient (Wildman–Crippen LogP) is 1.32. The molecule has 8 heteroatoms. The summed E-state index contributed by atoms with van der Waals surface area (Å²) in [6, 6.07) is 1.80. The number of carbonyl (C=O) groups excluding carboxylic acids is 3. The highest BCUT2D eigenvalue weighted by Crippen LogP contribution is 2.19. The maximum Gasteiger partial charge on any atom is 0.409 e. The van der Waals surface area contributed by atoms with E-state index in [1.165, 1.54) is 12.4 Å². The lowest BCUT2D eigenvalue weighted by atomic mass is 10.0. The number of nitrogens with one attached hydrogen (secondary N) is 2. The zero-order valence-electron chi connectivity index (χ0n) is 14.9. The van der Waals surface area contributed by atoms with E-state index in [2.05, 4.69) is 15.6 Å². The summed E-state index contributed by atoms with van der Waals surface area (Å²) >= 11 is 0. The fourth-order valence-electron chi connectivity index (χ4n) is 2.87. The molecule has 0 atom stereocenters. The molecule has 2 fully saturated rings. The Hall–Kier alpha value is -2.64. The highest BCUT2D eigenvalue weighted by atomic mass is 16.6. The van der Waals surface area contributed by atoms with Crippen LogP contribution in [0.5, 0.6) is 0 Å². The SMILES string of the molecule is CCOC(=O)N1CCC(NC(=O)c2cncc(C(=O)NC3CC3)c2)CC1. The number of rotatable bonds is 5. The van der Waals surface area contributed by atoms with E-state index in [0.29, 0.717) is 43.7 Å². The lowest BCUT2D eigenvalue weighted by Gasteiger charge is -2.31. The van der Waals surface area contributed by atoms with E-state index < -0.39 is 0 Å². The first kappa shape index (κ1) is 18.2. The lowest BCUT2D eigenvalue weighted by Crippen LogP contribution is -2.46. The third-order valence-corrected chi connectivity index (χ3v) is 4.53. The Balaban J connectivity index is 1.52. The Labute approximate surface area is 152 Å². The zero-order chi connectivity index (χ0) is 18.5. The number of hydrogen-bond donors (Lipinski definition) is 2. The standard InChI is InChI=1S/C18H24N4O4/c1-2-26-18(25)22-7-5-15(6-8-22)21-17(24)13-9-12(10-19-11-13)16(23)20-14-3-4-14/h9-11,14-15H,2-8H2,1H3,(H,20,23)(H,21,24). The average molecular weight is 360 g/mol. The number of hydrogen-bond acceptors (Lipinski definition) is 5. The van der Waals surface area contributed by atoms with Crippen molar-refractivity contribution in [3.63, 3.8) is 0 Å². The maximum atomic E-state index is 12.5. The number of aromatic nitrogens is 1. The van der Waals surface area contributed by atoms with E-state index in [0.717, 1.165) is 12.8 Å². The van der Waals surface area contributed by atoms with Gasteiger partial charge in [0.25, 0.3) is 11.8 Å². The van der Waals surface area contributed by atoms with Crippen molar-refractivity contribution in [3.8, 4) is 0 Å². The fraction of sp³-hybridized carbons (Fsp3) is 0.556. The van der Waals surface area contributed by atoms with Crippen LogP contribution < -0.4 is 10.6 Å². The minimum Gasteiger partial charge on any atom is -0.450 e. The second-order valence-corrected chi connectivity index (χ2v) is 6.64. The minimum atomic E-state index is -0.309. The zero-order valence-corrected chi connectivity index (χ0v) is 14.9. The van der Waals surface area contributed by atoms with E-state index >= 15 is 0 Å². The number of carbonyl (C=O) groups is 3. The van der Waals surface area contributed by atoms with Crippen molar-refractivity contribution in [2.75, 3.05) is 19.7 Å². The van der Waals surface area contributed by atoms with Gasteiger partial charge in [-0.25, -0.2) is 4.79 Å². The molecule has 3 amide bonds. The molecule has 140 valence electrons. The van der Waals surface area contributed by atoms with Gasteiger partial charge in [0, 0.05) is 37.6 Å². The van der Waals surface area contributed by atoms with Crippen molar-refractivity contribution in [1.82, 2.24) is 20.5 Å². The summed E-state index contributed by atoms with van der Waals surface area (Å²) in [6.45, 7) is 3.23. The summed E-state index contributed by atoms with van der Waals surface area (Å²) in [5.41, 5.74) is 0.753. The van der Waals surface area contributed by atoms with Gasteiger partial charge in [-0.3, -0.25) is 14.6 Å². The monoisotopic (exact) mass is 360 g/mol. The molecule has 2 N–H and O–H groups in total. The van der Waals surface area contributed by atoms with Crippen LogP contribution in [0.1, 0.15) is 53.3 Å². The lowest BCUT2D eigenvalue weighted by molar-refractivity contribution is 0.0859. The van der Waals surface area contributed by atoms with Crippen LogP contribution in [0.2, 0.25) is 0 Å². The van der Waals surface area contributed by atoms with Gasteiger partial charge in [-0.2, -0.15) is 0 Å². The Morgan fingerprint density at radius 2 is 1.58 bits per heavy atom. The smallest absolute Gasteiger partial charge is 0.409 e. The van der Waals surface area contributed by atoms with Crippen molar-refractivity contribution in [1.29, 1.82) is 0 Å². The molecule has 1 aliphatic heterocycles. The summed E-state index contributed by atoms with van der Waals surface area (Å²) in [7, 11) is 0. The molecular formula is C18H24N4O4. The molecule has 1 aliphatic carbocycles. The van der Waals surface area contributed by atoms with E-state index in [1.807, 2.05) is 0 Å². The van der Waals surface area contributed by atoms with E-state index in [9.17, 15) is 14.4 Å². The van der Waals surface area contributed by atoms with Crippen molar-refractivity contribution in [2.24, 2.45) is 0 Å². The van der Waals surface area contributed by atoms with Gasteiger partial charge in [-0.1, -0.05) is 0 Å². The molecule has 0 unspecified atom stereocenters. The molecule has 2 heterocycles. The van der Waals surface area contributed by atoms with E-state index in [1.54, 1.807) is 17.9 Å². The Bertz CT molecular complexity index is 682. The largest absolute Gasteiger partial charge is 0.450 e. The number of amides is 3. The molecule has 0 spiro atoms. The molecule has 1 aromatic rings. The van der Waals surface area contributed by atoms with Gasteiger partial charge >= 0.3 is 6.09 Å². The van der Waals surface area contributed by atoms with E-state index in [-0.39, 0.29) is 30.0 Å². The third kappa shape index (κ3) is 4.71. The Kier molecular flexibility index (Phi) is 5.70. The molecule has 2 aliphatic rings. The van der Waals surface area contributed by atoms with Crippen LogP contribution >= 0.6 is 0 Å². The number of likely N-dealkylation sites (tertiary alicyclic amines) is 1. The summed E-state index contributed by atoms with van der Waals surface area (Å²) in [4.78, 5) is 41.9. The normalized spacial score (nSPS) is 17.5. The molecule has 26 heavy (non-hydrogen) atoms. The minimum absolute atomic E-state index is 0.0166. The van der Waals surface area contributed by atoms with Crippen molar-refractivity contribution >= 4 is 17.9 Å². The predicted molar refractivity (Wildman–Crippen MR) is 93.8 cm³/mol. The van der Waals surface area contributed by atoms with Gasteiger partial charge in [0.1, 0.15) is 0 Å². The molecule has 0 radical (unpaired) electrons. The summed E-state index contributed by atoms with van der Waals surface area (Å²) < 4.78 is 4.99. The first-order chi connectivity index (χ1) is 12.6. The molecule has 1 saturated heterocycles. The Morgan fingerprint density at radius 3 is 2.08 bits per heavy atom. The first-order valence-electron chi connectivity index (χ1n) is 9.05. The Morgan fingerprint density at radius 1 is 1.04 bits per heavy atom. The van der Waals surface area contributed by atoms with Gasteiger partial charge in [0.15, 0.2) is 0 Å². The van der Waals surface area contributed by atoms with Crippen LogP contribution in [-0.2, 0) is 4.74 Å².